The van der Waals surface area contributed by atoms with E-state index in [0.29, 0.717) is 35.6 Å². The molecule has 13 heteroatoms. The number of anilines is 2. The molecule has 49 heavy (non-hydrogen) atoms. The number of imidazole rings is 1. The van der Waals surface area contributed by atoms with E-state index in [1.165, 1.54) is 31.3 Å². The van der Waals surface area contributed by atoms with Gasteiger partial charge in [-0.25, -0.2) is 19.8 Å². The fraction of sp³-hybridized carbons (Fsp3) is 0.389. The molecule has 13 nitrogen and oxygen atoms in total. The van der Waals surface area contributed by atoms with Crippen molar-refractivity contribution in [2.45, 2.75) is 58.4 Å². The maximum absolute atomic E-state index is 13.6. The average Bonchev–Trinajstić information content (AvgIpc) is 3.44. The Kier molecular flexibility index (Phi) is 13.9. The van der Waals surface area contributed by atoms with E-state index in [0.717, 1.165) is 36.3 Å². The van der Waals surface area contributed by atoms with Crippen molar-refractivity contribution in [2.75, 3.05) is 37.2 Å². The summed E-state index contributed by atoms with van der Waals surface area (Å²) in [6.45, 7) is 2.82. The van der Waals surface area contributed by atoms with Crippen molar-refractivity contribution in [3.8, 4) is 0 Å². The summed E-state index contributed by atoms with van der Waals surface area (Å²) < 4.78 is 16.8. The van der Waals surface area contributed by atoms with Crippen molar-refractivity contribution in [1.82, 2.24) is 14.5 Å². The largest absolute Gasteiger partial charge is 0.510 e. The van der Waals surface area contributed by atoms with E-state index in [1.54, 1.807) is 36.5 Å². The van der Waals surface area contributed by atoms with Crippen molar-refractivity contribution in [1.29, 1.82) is 0 Å². The van der Waals surface area contributed by atoms with Gasteiger partial charge in [-0.3, -0.25) is 14.5 Å². The summed E-state index contributed by atoms with van der Waals surface area (Å²) in [5, 5.41) is 3.36. The molecule has 2 heterocycles. The minimum Gasteiger partial charge on any atom is -0.469 e. The zero-order valence-corrected chi connectivity index (χ0v) is 28.4. The molecule has 0 aliphatic carbocycles. The number of nitrogens with one attached hydrogen (secondary N) is 1. The number of fused-ring (bicyclic) bond motifs is 1. The Morgan fingerprint density at radius 2 is 1.71 bits per heavy atom. The summed E-state index contributed by atoms with van der Waals surface area (Å²) >= 11 is 0. The lowest BCUT2D eigenvalue weighted by Crippen LogP contribution is -2.33. The van der Waals surface area contributed by atoms with Crippen LogP contribution in [0.4, 0.5) is 16.3 Å². The number of carbonyl (C=O) groups is 3. The van der Waals surface area contributed by atoms with E-state index >= 15 is 0 Å². The highest BCUT2D eigenvalue weighted by Gasteiger charge is 2.21. The molecule has 4 aromatic rings. The molecule has 4 rings (SSSR count). The Labute approximate surface area is 286 Å². The van der Waals surface area contributed by atoms with Gasteiger partial charge in [-0.15, -0.1) is 0 Å². The Hall–Kier alpha value is -5.46. The van der Waals surface area contributed by atoms with Crippen molar-refractivity contribution in [3.63, 3.8) is 0 Å². The molecule has 2 aromatic heterocycles. The van der Waals surface area contributed by atoms with Crippen molar-refractivity contribution < 1.29 is 28.6 Å². The number of pyridine rings is 1. The lowest BCUT2D eigenvalue weighted by molar-refractivity contribution is -0.140. The van der Waals surface area contributed by atoms with Gasteiger partial charge in [0.2, 0.25) is 0 Å². The maximum atomic E-state index is 13.6. The number of aryl methyl sites for hydroxylation is 1. The van der Waals surface area contributed by atoms with Crippen LogP contribution in [0.5, 0.6) is 0 Å². The third kappa shape index (κ3) is 10.8. The smallest absolute Gasteiger partial charge is 0.469 e. The molecule has 0 bridgehead atoms. The van der Waals surface area contributed by atoms with E-state index in [9.17, 15) is 14.4 Å². The second-order valence-electron chi connectivity index (χ2n) is 11.4. The standard InChI is InChI=1S/C36H45N7O6/c1-4-5-6-7-8-11-22-48-36(46)49-25-40-34(37)26-13-16-28(17-14-26)39-24-32-41-29-23-27(15-18-30(29)42(32)2)35(45)43(21-19-33(44)47-3)31-12-9-10-20-38-31/h9-10,12-18,20,23,39H,4-8,11,19,21-22,24-25H2,1-3H3,(H2,37,40). The van der Waals surface area contributed by atoms with E-state index in [2.05, 4.69) is 22.2 Å². The van der Waals surface area contributed by atoms with Gasteiger partial charge in [-0.1, -0.05) is 45.1 Å². The van der Waals surface area contributed by atoms with Crippen molar-refractivity contribution >= 4 is 46.4 Å². The first-order chi connectivity index (χ1) is 23.8. The first-order valence-corrected chi connectivity index (χ1v) is 16.5. The zero-order valence-electron chi connectivity index (χ0n) is 28.4. The number of benzene rings is 2. The number of nitrogens with two attached hydrogens (primary N) is 1. The lowest BCUT2D eigenvalue weighted by Gasteiger charge is -2.21. The molecule has 2 aromatic carbocycles. The number of esters is 1. The maximum Gasteiger partial charge on any atom is 0.510 e. The molecule has 0 saturated carbocycles. The molecule has 0 aliphatic heterocycles. The van der Waals surface area contributed by atoms with E-state index in [4.69, 9.17) is 24.9 Å². The van der Waals surface area contributed by atoms with Crippen LogP contribution < -0.4 is 16.0 Å². The van der Waals surface area contributed by atoms with Crippen LogP contribution in [0.25, 0.3) is 11.0 Å². The normalized spacial score (nSPS) is 11.3. The second kappa shape index (κ2) is 18.8. The number of aliphatic imine (C=N–C) groups is 1. The predicted octanol–water partition coefficient (Wildman–Crippen LogP) is 5.97. The number of aromatic nitrogens is 3. The second-order valence-corrected chi connectivity index (χ2v) is 11.4. The number of amidine groups is 1. The number of amides is 1. The van der Waals surface area contributed by atoms with E-state index in [1.807, 2.05) is 41.9 Å². The summed E-state index contributed by atoms with van der Waals surface area (Å²) in [6, 6.07) is 18.0. The van der Waals surface area contributed by atoms with Crippen LogP contribution >= 0.6 is 0 Å². The van der Waals surface area contributed by atoms with E-state index in [-0.39, 0.29) is 31.4 Å². The number of unbranched alkanes of at least 4 members (excludes halogenated alkanes) is 5. The highest BCUT2D eigenvalue weighted by Crippen LogP contribution is 2.21. The van der Waals surface area contributed by atoms with Crippen molar-refractivity contribution in [3.05, 3.63) is 83.8 Å². The summed E-state index contributed by atoms with van der Waals surface area (Å²) in [5.41, 5.74) is 9.56. The monoisotopic (exact) mass is 671 g/mol. The quantitative estimate of drug-likeness (QED) is 0.0558. The molecule has 1 amide bonds. The molecule has 0 spiro atoms. The summed E-state index contributed by atoms with van der Waals surface area (Å²) in [4.78, 5) is 51.9. The molecule has 260 valence electrons. The summed E-state index contributed by atoms with van der Waals surface area (Å²) in [5.74, 6) is 0.724. The number of hydrogen-bond acceptors (Lipinski definition) is 10. The summed E-state index contributed by atoms with van der Waals surface area (Å²) in [6.07, 6.45) is 7.49. The number of methoxy groups -OCH3 is 1. The molecular formula is C36H45N7O6. The Balaban J connectivity index is 1.31. The minimum absolute atomic E-state index is 0.0328. The van der Waals surface area contributed by atoms with Crippen LogP contribution in [0.2, 0.25) is 0 Å². The molecule has 0 radical (unpaired) electrons. The number of ether oxygens (including phenoxy) is 3. The number of hydrogen-bond donors (Lipinski definition) is 2. The third-order valence-electron chi connectivity index (χ3n) is 7.92. The molecule has 3 N–H and O–H groups in total. The molecule has 0 atom stereocenters. The zero-order chi connectivity index (χ0) is 35.0. The predicted molar refractivity (Wildman–Crippen MR) is 188 cm³/mol. The third-order valence-corrected chi connectivity index (χ3v) is 7.92. The van der Waals surface area contributed by atoms with Crippen LogP contribution in [0.15, 0.2) is 71.9 Å². The number of rotatable bonds is 18. The number of carbonyl (C=O) groups excluding carboxylic acids is 3. The first kappa shape index (κ1) is 36.4. The highest BCUT2D eigenvalue weighted by molar-refractivity contribution is 6.07. The topological polar surface area (TPSA) is 163 Å². The van der Waals surface area contributed by atoms with Gasteiger partial charge in [-0.2, -0.15) is 0 Å². The van der Waals surface area contributed by atoms with Crippen LogP contribution in [0.1, 0.15) is 73.6 Å². The SMILES string of the molecule is CCCCCCCCOC(=O)OC/N=C(/N)c1ccc(NCc2nc3cc(C(=O)N(CCC(=O)OC)c4ccccn4)ccc3n2C)cc1. The fourth-order valence-electron chi connectivity index (χ4n) is 5.10. The Morgan fingerprint density at radius 3 is 2.45 bits per heavy atom. The van der Waals surface area contributed by atoms with Gasteiger partial charge < -0.3 is 29.8 Å². The van der Waals surface area contributed by atoms with E-state index < -0.39 is 12.1 Å². The van der Waals surface area contributed by atoms with Gasteiger partial charge in [0, 0.05) is 36.6 Å². The van der Waals surface area contributed by atoms with Crippen LogP contribution in [0, 0.1) is 0 Å². The van der Waals surface area contributed by atoms with Gasteiger partial charge in [0.25, 0.3) is 5.91 Å². The summed E-state index contributed by atoms with van der Waals surface area (Å²) in [7, 11) is 3.23. The molecular weight excluding hydrogens is 626 g/mol. The highest BCUT2D eigenvalue weighted by atomic mass is 16.7. The Morgan fingerprint density at radius 1 is 0.959 bits per heavy atom. The van der Waals surface area contributed by atoms with Crippen LogP contribution in [-0.2, 0) is 32.6 Å². The Bertz CT molecular complexity index is 1710. The molecule has 0 saturated heterocycles. The van der Waals surface area contributed by atoms with Gasteiger partial charge >= 0.3 is 12.1 Å². The van der Waals surface area contributed by atoms with Gasteiger partial charge in [0.1, 0.15) is 17.5 Å². The lowest BCUT2D eigenvalue weighted by atomic mass is 10.1. The van der Waals surface area contributed by atoms with Crippen molar-refractivity contribution in [2.24, 2.45) is 17.8 Å². The fourth-order valence-corrected chi connectivity index (χ4v) is 5.10. The minimum atomic E-state index is -0.753. The van der Waals surface area contributed by atoms with Gasteiger partial charge in [0.05, 0.1) is 37.7 Å². The van der Waals surface area contributed by atoms with Gasteiger partial charge in [-0.05, 0) is 61.0 Å². The molecule has 0 fully saturated rings. The first-order valence-electron chi connectivity index (χ1n) is 16.5. The molecule has 0 unspecified atom stereocenters. The molecule has 0 aliphatic rings. The number of nitrogens with zero attached hydrogens (tertiary/aromatic N) is 5. The van der Waals surface area contributed by atoms with Crippen LogP contribution in [0.3, 0.4) is 0 Å². The average molecular weight is 672 g/mol. The van der Waals surface area contributed by atoms with Gasteiger partial charge in [0.15, 0.2) is 6.73 Å². The van der Waals surface area contributed by atoms with Crippen LogP contribution in [-0.4, -0.2) is 65.4 Å².